The Balaban J connectivity index is 1.31. The highest BCUT2D eigenvalue weighted by atomic mass is 32.2. The Bertz CT molecular complexity index is 1870. The lowest BCUT2D eigenvalue weighted by atomic mass is 9.56. The highest BCUT2D eigenvalue weighted by Gasteiger charge is 2.64. The van der Waals surface area contributed by atoms with Crippen LogP contribution in [0.1, 0.15) is 86.8 Å². The van der Waals surface area contributed by atoms with Gasteiger partial charge in [-0.05, 0) is 110 Å². The number of carbonyl (C=O) groups is 1. The molecule has 3 N–H and O–H groups in total. The maximum absolute atomic E-state index is 13.2. The van der Waals surface area contributed by atoms with Crippen LogP contribution in [0.15, 0.2) is 103 Å². The van der Waals surface area contributed by atoms with Crippen molar-refractivity contribution in [3.05, 3.63) is 114 Å². The van der Waals surface area contributed by atoms with Gasteiger partial charge in [0.25, 0.3) is 0 Å². The molecule has 2 aromatic carbocycles. The summed E-state index contributed by atoms with van der Waals surface area (Å²) < 4.78 is 26.3. The van der Waals surface area contributed by atoms with Gasteiger partial charge < -0.3 is 39.3 Å². The molecule has 11 nitrogen and oxygen atoms in total. The number of aryl methyl sites for hydroxylation is 1. The molecule has 0 bridgehead atoms. The summed E-state index contributed by atoms with van der Waals surface area (Å²) in [4.78, 5) is 23.7. The number of pyridine rings is 1. The standard InChI is InChI=1S/C47H59N3O8S/c1-2-26-55-47-42(59-28-21-33-19-22-48-23-20-33)31-40(50-58-43-16-8-11-27-54-43)38-29-35(14-6-9-24-51)37(15-7-10-25-52)44(45(38)47)39-30-36(17-18-41(39)57-47)56-46(53)49-32-34-12-4-3-5-13-34/h2-5,12-13,17-20,22-23,29-30,35,37,42-45,51-52H,1,6-11,14-16,21,24-28,31-32H2,(H,49,53)/t35-,37+,42-,43?,44+,45+,47+/m0/s1. The molecule has 3 aromatic rings. The van der Waals surface area contributed by atoms with Crippen molar-refractivity contribution in [3.8, 4) is 11.5 Å². The number of nitrogens with one attached hydrogen (secondary N) is 1. The second-order valence-electron chi connectivity index (χ2n) is 15.9. The Morgan fingerprint density at radius 2 is 1.83 bits per heavy atom. The SMILES string of the molecule is C=CCO[C@@]12Oc3ccc(OC(=O)NCc4ccccc4)cc3[C@H]3[C@H](CCCCO)[C@@H](CCCCO)C=C(C(=NOC4CCCCO4)C[C@@H]1SCCc1ccncc1)[C@H]32. The van der Waals surface area contributed by atoms with E-state index in [9.17, 15) is 15.0 Å². The summed E-state index contributed by atoms with van der Waals surface area (Å²) in [5.41, 5.74) is 5.05. The van der Waals surface area contributed by atoms with Gasteiger partial charge in [-0.1, -0.05) is 60.5 Å². The molecule has 4 aliphatic rings. The van der Waals surface area contributed by atoms with Gasteiger partial charge in [0, 0.05) is 56.5 Å². The summed E-state index contributed by atoms with van der Waals surface area (Å²) in [5, 5.41) is 27.4. The predicted molar refractivity (Wildman–Crippen MR) is 229 cm³/mol. The van der Waals surface area contributed by atoms with E-state index in [0.717, 1.165) is 79.5 Å². The first-order valence-corrected chi connectivity index (χ1v) is 22.4. The van der Waals surface area contributed by atoms with Gasteiger partial charge in [0.05, 0.1) is 30.1 Å². The van der Waals surface area contributed by atoms with E-state index in [2.05, 4.69) is 35.1 Å². The number of hydrogen-bond acceptors (Lipinski definition) is 11. The first kappa shape index (κ1) is 42.9. The van der Waals surface area contributed by atoms with E-state index in [1.54, 1.807) is 12.1 Å². The molecule has 0 radical (unpaired) electrons. The van der Waals surface area contributed by atoms with Crippen LogP contribution in [0.2, 0.25) is 0 Å². The molecule has 3 heterocycles. The zero-order valence-corrected chi connectivity index (χ0v) is 34.7. The Morgan fingerprint density at radius 3 is 2.59 bits per heavy atom. The first-order chi connectivity index (χ1) is 29.0. The Morgan fingerprint density at radius 1 is 1.02 bits per heavy atom. The second kappa shape index (κ2) is 21.4. The number of allylic oxidation sites excluding steroid dienone is 1. The number of unbranched alkanes of at least 4 members (excludes halogenated alkanes) is 2. The van der Waals surface area contributed by atoms with Gasteiger partial charge in [0.2, 0.25) is 12.1 Å². The molecule has 7 atom stereocenters. The fourth-order valence-corrected chi connectivity index (χ4v) is 10.6. The van der Waals surface area contributed by atoms with Gasteiger partial charge in [0.1, 0.15) is 11.5 Å². The summed E-state index contributed by atoms with van der Waals surface area (Å²) >= 11 is 1.82. The molecule has 1 saturated heterocycles. The van der Waals surface area contributed by atoms with Crippen LogP contribution in [-0.2, 0) is 27.3 Å². The third kappa shape index (κ3) is 10.6. The van der Waals surface area contributed by atoms with Crippen molar-refractivity contribution in [2.24, 2.45) is 22.9 Å². The number of aliphatic hydroxyl groups excluding tert-OH is 2. The largest absolute Gasteiger partial charge is 0.460 e. The number of benzene rings is 2. The Labute approximate surface area is 352 Å². The molecule has 316 valence electrons. The number of amides is 1. The van der Waals surface area contributed by atoms with E-state index in [1.165, 1.54) is 5.56 Å². The molecular weight excluding hydrogens is 767 g/mol. The number of rotatable bonds is 20. The fraction of sp³-hybridized carbons (Fsp3) is 0.511. The van der Waals surface area contributed by atoms with Crippen molar-refractivity contribution in [2.75, 3.05) is 32.2 Å². The van der Waals surface area contributed by atoms with Gasteiger partial charge in [0.15, 0.2) is 0 Å². The maximum atomic E-state index is 13.2. The lowest BCUT2D eigenvalue weighted by Gasteiger charge is -2.58. The summed E-state index contributed by atoms with van der Waals surface area (Å²) in [5.74, 6) is 0.660. The van der Waals surface area contributed by atoms with Crippen molar-refractivity contribution in [1.29, 1.82) is 0 Å². The van der Waals surface area contributed by atoms with E-state index >= 15 is 0 Å². The summed E-state index contributed by atoms with van der Waals surface area (Å²) in [6.45, 7) is 5.57. The van der Waals surface area contributed by atoms with Crippen molar-refractivity contribution >= 4 is 23.6 Å². The van der Waals surface area contributed by atoms with Crippen molar-refractivity contribution in [2.45, 2.75) is 100 Å². The van der Waals surface area contributed by atoms with Crippen LogP contribution in [-0.4, -0.2) is 76.5 Å². The fourth-order valence-electron chi connectivity index (χ4n) is 9.24. The second-order valence-corrected chi connectivity index (χ2v) is 17.2. The Hall–Kier alpha value is -4.20. The third-order valence-electron chi connectivity index (χ3n) is 12.0. The minimum Gasteiger partial charge on any atom is -0.460 e. The number of ether oxygens (including phenoxy) is 4. The number of fused-ring (bicyclic) bond motifs is 2. The van der Waals surface area contributed by atoms with E-state index in [0.29, 0.717) is 43.9 Å². The molecule has 2 fully saturated rings. The average molecular weight is 826 g/mol. The zero-order valence-electron chi connectivity index (χ0n) is 33.9. The Kier molecular flexibility index (Phi) is 15.5. The highest BCUT2D eigenvalue weighted by molar-refractivity contribution is 8.00. The van der Waals surface area contributed by atoms with E-state index in [-0.39, 0.29) is 48.7 Å². The van der Waals surface area contributed by atoms with Crippen LogP contribution in [0.4, 0.5) is 4.79 Å². The van der Waals surface area contributed by atoms with Gasteiger partial charge in [-0.3, -0.25) is 4.98 Å². The molecule has 0 spiro atoms. The number of hydrogen-bond donors (Lipinski definition) is 3. The zero-order chi connectivity index (χ0) is 40.9. The number of oxime groups is 1. The first-order valence-electron chi connectivity index (χ1n) is 21.4. The number of aromatic nitrogens is 1. The van der Waals surface area contributed by atoms with Crippen LogP contribution in [0.3, 0.4) is 0 Å². The van der Waals surface area contributed by atoms with Gasteiger partial charge >= 0.3 is 6.09 Å². The van der Waals surface area contributed by atoms with Crippen LogP contribution >= 0.6 is 11.8 Å². The monoisotopic (exact) mass is 825 g/mol. The number of thioether (sulfide) groups is 1. The normalized spacial score (nSPS) is 26.5. The predicted octanol–water partition coefficient (Wildman–Crippen LogP) is 8.51. The van der Waals surface area contributed by atoms with Crippen LogP contribution < -0.4 is 14.8 Å². The van der Waals surface area contributed by atoms with Crippen LogP contribution in [0, 0.1) is 17.8 Å². The summed E-state index contributed by atoms with van der Waals surface area (Å²) in [6.07, 6.45) is 15.9. The molecule has 59 heavy (non-hydrogen) atoms. The quantitative estimate of drug-likeness (QED) is 0.0577. The lowest BCUT2D eigenvalue weighted by Crippen LogP contribution is -2.64. The molecule has 1 amide bonds. The van der Waals surface area contributed by atoms with Gasteiger partial charge in [-0.25, -0.2) is 4.79 Å². The van der Waals surface area contributed by atoms with E-state index in [4.69, 9.17) is 28.9 Å². The molecule has 1 unspecified atom stereocenters. The molecule has 12 heteroatoms. The number of aliphatic hydroxyl groups is 2. The molecule has 7 rings (SSSR count). The molecule has 1 saturated carbocycles. The average Bonchev–Trinajstić information content (AvgIpc) is 3.27. The van der Waals surface area contributed by atoms with Gasteiger partial charge in [-0.2, -0.15) is 11.8 Å². The maximum Gasteiger partial charge on any atom is 0.412 e. The highest BCUT2D eigenvalue weighted by Crippen LogP contribution is 2.62. The number of carbonyl (C=O) groups excluding carboxylic acids is 1. The topological polar surface area (TPSA) is 141 Å². The van der Waals surface area contributed by atoms with E-state index in [1.807, 2.05) is 66.6 Å². The molecule has 2 aliphatic carbocycles. The van der Waals surface area contributed by atoms with Crippen molar-refractivity contribution in [3.63, 3.8) is 0 Å². The number of nitrogens with zero attached hydrogens (tertiary/aromatic N) is 2. The molecule has 2 aliphatic heterocycles. The van der Waals surface area contributed by atoms with Gasteiger partial charge in [-0.15, -0.1) is 6.58 Å². The lowest BCUT2D eigenvalue weighted by molar-refractivity contribution is -0.223. The van der Waals surface area contributed by atoms with Crippen LogP contribution in [0.5, 0.6) is 11.5 Å². The van der Waals surface area contributed by atoms with Crippen molar-refractivity contribution in [1.82, 2.24) is 10.3 Å². The minimum atomic E-state index is -1.10. The smallest absolute Gasteiger partial charge is 0.412 e. The van der Waals surface area contributed by atoms with E-state index < -0.39 is 18.2 Å². The summed E-state index contributed by atoms with van der Waals surface area (Å²) in [7, 11) is 0. The molecule has 1 aromatic heterocycles. The molecular formula is C47H59N3O8S. The third-order valence-corrected chi connectivity index (χ3v) is 13.3. The summed E-state index contributed by atoms with van der Waals surface area (Å²) in [6, 6.07) is 19.5. The van der Waals surface area contributed by atoms with Crippen LogP contribution in [0.25, 0.3) is 0 Å². The van der Waals surface area contributed by atoms with Crippen molar-refractivity contribution < 1.29 is 38.8 Å². The minimum absolute atomic E-state index is 0.118.